The molecule has 18 heavy (non-hydrogen) atoms. The molecule has 1 heteroatoms. The predicted molar refractivity (Wildman–Crippen MR) is 77.8 cm³/mol. The molecule has 1 nitrogen and oxygen atoms in total. The van der Waals surface area contributed by atoms with E-state index in [-0.39, 0.29) is 0 Å². The van der Waals surface area contributed by atoms with E-state index in [1.807, 2.05) is 13.8 Å². The van der Waals surface area contributed by atoms with Gasteiger partial charge in [0, 0.05) is 6.54 Å². The van der Waals surface area contributed by atoms with Gasteiger partial charge < -0.3 is 5.32 Å². The van der Waals surface area contributed by atoms with Crippen LogP contribution in [-0.2, 0) is 6.42 Å². The molecule has 2 aromatic rings. The number of benzene rings is 2. The summed E-state index contributed by atoms with van der Waals surface area (Å²) in [6.07, 6.45) is 1.14. The SMILES string of the molecule is CC.c1ccc(C2NCCc3ccccc32)cc1. The second-order valence-corrected chi connectivity index (χ2v) is 4.25. The van der Waals surface area contributed by atoms with Crippen LogP contribution in [0.3, 0.4) is 0 Å². The van der Waals surface area contributed by atoms with Gasteiger partial charge in [0.05, 0.1) is 6.04 Å². The molecule has 1 aliphatic heterocycles. The van der Waals surface area contributed by atoms with Gasteiger partial charge in [-0.1, -0.05) is 68.4 Å². The minimum Gasteiger partial charge on any atom is -0.306 e. The van der Waals surface area contributed by atoms with Crippen molar-refractivity contribution in [2.45, 2.75) is 26.3 Å². The van der Waals surface area contributed by atoms with Crippen LogP contribution in [0.2, 0.25) is 0 Å². The van der Waals surface area contributed by atoms with Crippen LogP contribution < -0.4 is 5.32 Å². The molecule has 1 atom stereocenters. The quantitative estimate of drug-likeness (QED) is 0.794. The fraction of sp³-hybridized carbons (Fsp3) is 0.294. The zero-order valence-electron chi connectivity index (χ0n) is 11.2. The van der Waals surface area contributed by atoms with E-state index in [0.717, 1.165) is 13.0 Å². The zero-order chi connectivity index (χ0) is 12.8. The molecule has 0 bridgehead atoms. The van der Waals surface area contributed by atoms with Gasteiger partial charge in [-0.25, -0.2) is 0 Å². The standard InChI is InChI=1S/C15H15N.C2H6/c1-2-7-13(8-3-1)15-14-9-5-4-6-12(14)10-11-16-15;1-2/h1-9,15-16H,10-11H2;1-2H3. The Morgan fingerprint density at radius 2 is 1.56 bits per heavy atom. The molecule has 0 radical (unpaired) electrons. The Bertz CT molecular complexity index is 476. The first-order chi connectivity index (χ1) is 8.95. The summed E-state index contributed by atoms with van der Waals surface area (Å²) >= 11 is 0. The highest BCUT2D eigenvalue weighted by Gasteiger charge is 2.19. The first kappa shape index (κ1) is 12.8. The van der Waals surface area contributed by atoms with E-state index in [2.05, 4.69) is 59.9 Å². The van der Waals surface area contributed by atoms with E-state index in [1.165, 1.54) is 16.7 Å². The van der Waals surface area contributed by atoms with E-state index >= 15 is 0 Å². The summed E-state index contributed by atoms with van der Waals surface area (Å²) in [4.78, 5) is 0. The van der Waals surface area contributed by atoms with Gasteiger partial charge >= 0.3 is 0 Å². The van der Waals surface area contributed by atoms with Crippen molar-refractivity contribution in [3.8, 4) is 0 Å². The number of hydrogen-bond acceptors (Lipinski definition) is 1. The van der Waals surface area contributed by atoms with E-state index in [1.54, 1.807) is 0 Å². The van der Waals surface area contributed by atoms with Crippen LogP contribution in [0.4, 0.5) is 0 Å². The molecule has 94 valence electrons. The smallest absolute Gasteiger partial charge is 0.0579 e. The summed E-state index contributed by atoms with van der Waals surface area (Å²) in [5.41, 5.74) is 4.27. The van der Waals surface area contributed by atoms with Gasteiger partial charge in [0.2, 0.25) is 0 Å². The maximum absolute atomic E-state index is 3.59. The second kappa shape index (κ2) is 6.36. The van der Waals surface area contributed by atoms with Crippen molar-refractivity contribution < 1.29 is 0 Å². The molecule has 1 unspecified atom stereocenters. The zero-order valence-corrected chi connectivity index (χ0v) is 11.2. The molecule has 0 amide bonds. The van der Waals surface area contributed by atoms with Crippen LogP contribution in [0.5, 0.6) is 0 Å². The first-order valence-corrected chi connectivity index (χ1v) is 6.81. The van der Waals surface area contributed by atoms with Crippen LogP contribution in [0.15, 0.2) is 54.6 Å². The Kier molecular flexibility index (Phi) is 4.54. The highest BCUT2D eigenvalue weighted by atomic mass is 14.9. The van der Waals surface area contributed by atoms with Crippen LogP contribution in [0, 0.1) is 0 Å². The van der Waals surface area contributed by atoms with E-state index in [0.29, 0.717) is 6.04 Å². The first-order valence-electron chi connectivity index (χ1n) is 6.81. The maximum atomic E-state index is 3.59. The topological polar surface area (TPSA) is 12.0 Å². The molecule has 1 heterocycles. The largest absolute Gasteiger partial charge is 0.306 e. The summed E-state index contributed by atoms with van der Waals surface area (Å²) in [5, 5.41) is 3.59. The number of hydrogen-bond donors (Lipinski definition) is 1. The lowest BCUT2D eigenvalue weighted by Gasteiger charge is -2.27. The predicted octanol–water partition coefficient (Wildman–Crippen LogP) is 3.95. The fourth-order valence-corrected chi connectivity index (χ4v) is 2.45. The Morgan fingerprint density at radius 1 is 0.889 bits per heavy atom. The summed E-state index contributed by atoms with van der Waals surface area (Å²) in [5.74, 6) is 0. The second-order valence-electron chi connectivity index (χ2n) is 4.25. The van der Waals surface area contributed by atoms with Gasteiger partial charge in [-0.05, 0) is 23.1 Å². The third-order valence-corrected chi connectivity index (χ3v) is 3.24. The Hall–Kier alpha value is -1.60. The summed E-state index contributed by atoms with van der Waals surface area (Å²) in [6.45, 7) is 5.07. The number of fused-ring (bicyclic) bond motifs is 1. The van der Waals surface area contributed by atoms with E-state index in [4.69, 9.17) is 0 Å². The van der Waals surface area contributed by atoms with Crippen molar-refractivity contribution in [2.24, 2.45) is 0 Å². The normalized spacial score (nSPS) is 17.3. The average molecular weight is 239 g/mol. The lowest BCUT2D eigenvalue weighted by Crippen LogP contribution is -2.30. The van der Waals surface area contributed by atoms with E-state index in [9.17, 15) is 0 Å². The van der Waals surface area contributed by atoms with Gasteiger partial charge in [-0.2, -0.15) is 0 Å². The summed E-state index contributed by atoms with van der Waals surface area (Å²) < 4.78 is 0. The number of rotatable bonds is 1. The molecular weight excluding hydrogens is 218 g/mol. The van der Waals surface area contributed by atoms with Gasteiger partial charge in [0.25, 0.3) is 0 Å². The summed E-state index contributed by atoms with van der Waals surface area (Å²) in [7, 11) is 0. The van der Waals surface area contributed by atoms with Crippen LogP contribution >= 0.6 is 0 Å². The van der Waals surface area contributed by atoms with E-state index < -0.39 is 0 Å². The Balaban J connectivity index is 0.000000574. The van der Waals surface area contributed by atoms with Crippen molar-refractivity contribution in [3.63, 3.8) is 0 Å². The fourth-order valence-electron chi connectivity index (χ4n) is 2.45. The molecule has 0 fully saturated rings. The minimum absolute atomic E-state index is 0.367. The minimum atomic E-state index is 0.367. The van der Waals surface area contributed by atoms with Crippen molar-refractivity contribution in [1.29, 1.82) is 0 Å². The van der Waals surface area contributed by atoms with Gasteiger partial charge in [-0.15, -0.1) is 0 Å². The molecule has 0 aromatic heterocycles. The highest BCUT2D eigenvalue weighted by molar-refractivity contribution is 5.39. The van der Waals surface area contributed by atoms with Crippen molar-refractivity contribution in [3.05, 3.63) is 71.3 Å². The third kappa shape index (κ3) is 2.62. The molecule has 0 aliphatic carbocycles. The molecule has 0 saturated carbocycles. The average Bonchev–Trinajstić information content (AvgIpc) is 2.50. The van der Waals surface area contributed by atoms with Crippen molar-refractivity contribution in [1.82, 2.24) is 5.32 Å². The van der Waals surface area contributed by atoms with Gasteiger partial charge in [-0.3, -0.25) is 0 Å². The highest BCUT2D eigenvalue weighted by Crippen LogP contribution is 2.27. The van der Waals surface area contributed by atoms with Gasteiger partial charge in [0.15, 0.2) is 0 Å². The lowest BCUT2D eigenvalue weighted by molar-refractivity contribution is 0.568. The van der Waals surface area contributed by atoms with Crippen LogP contribution in [-0.4, -0.2) is 6.54 Å². The molecule has 3 rings (SSSR count). The molecule has 2 aromatic carbocycles. The molecule has 1 N–H and O–H groups in total. The number of nitrogens with one attached hydrogen (secondary N) is 1. The third-order valence-electron chi connectivity index (χ3n) is 3.24. The monoisotopic (exact) mass is 239 g/mol. The van der Waals surface area contributed by atoms with Crippen molar-refractivity contribution >= 4 is 0 Å². The lowest BCUT2D eigenvalue weighted by atomic mass is 9.90. The molecule has 0 spiro atoms. The molecule has 0 saturated heterocycles. The Morgan fingerprint density at radius 3 is 2.33 bits per heavy atom. The van der Waals surface area contributed by atoms with Crippen molar-refractivity contribution in [2.75, 3.05) is 6.54 Å². The Labute approximate surface area is 110 Å². The summed E-state index contributed by atoms with van der Waals surface area (Å²) in [6, 6.07) is 19.8. The maximum Gasteiger partial charge on any atom is 0.0579 e. The molecule has 1 aliphatic rings. The van der Waals surface area contributed by atoms with Gasteiger partial charge in [0.1, 0.15) is 0 Å². The molecular formula is C17H21N. The van der Waals surface area contributed by atoms with Crippen LogP contribution in [0.1, 0.15) is 36.6 Å². The van der Waals surface area contributed by atoms with Crippen LogP contribution in [0.25, 0.3) is 0 Å².